The molecule has 1 aromatic rings. The van der Waals surface area contributed by atoms with Gasteiger partial charge in [0.15, 0.2) is 0 Å². The van der Waals surface area contributed by atoms with Gasteiger partial charge in [-0.1, -0.05) is 13.8 Å². The average molecular weight is 390 g/mol. The maximum absolute atomic E-state index is 12.5. The summed E-state index contributed by atoms with van der Waals surface area (Å²) in [6, 6.07) is 4.10. The molecule has 3 N–H and O–H groups in total. The monoisotopic (exact) mass is 389 g/mol. The number of rotatable bonds is 5. The minimum Gasteiger partial charge on any atom is -0.345 e. The first-order chi connectivity index (χ1) is 11.1. The number of sulfonamides is 1. The molecule has 2 amide bonds. The van der Waals surface area contributed by atoms with Crippen LogP contribution in [0.1, 0.15) is 48.4 Å². The van der Waals surface area contributed by atoms with Gasteiger partial charge in [-0.05, 0) is 38.0 Å². The van der Waals surface area contributed by atoms with Crippen LogP contribution in [0.15, 0.2) is 23.1 Å². The van der Waals surface area contributed by atoms with Gasteiger partial charge in [-0.3, -0.25) is 9.59 Å². The Hall–Kier alpha value is -1.64. The largest absolute Gasteiger partial charge is 0.345 e. The van der Waals surface area contributed by atoms with Gasteiger partial charge in [-0.15, -0.1) is 12.4 Å². The second-order valence-corrected chi connectivity index (χ2v) is 8.25. The highest BCUT2D eigenvalue weighted by atomic mass is 35.5. The molecule has 0 fully saturated rings. The number of amides is 2. The van der Waals surface area contributed by atoms with E-state index < -0.39 is 27.4 Å². The van der Waals surface area contributed by atoms with Gasteiger partial charge in [0.1, 0.15) is 4.90 Å². The summed E-state index contributed by atoms with van der Waals surface area (Å²) in [5.41, 5.74) is 5.43. The SMILES string of the molecule is CCN1C(=O)c2ccc(C(=O)NC(C)(CN)C(C)C)cc2S1(=O)=O.Cl. The lowest BCUT2D eigenvalue weighted by molar-refractivity contribution is 0.0867. The van der Waals surface area contributed by atoms with Gasteiger partial charge in [0, 0.05) is 18.7 Å². The normalized spacial score (nSPS) is 17.7. The minimum atomic E-state index is -3.89. The van der Waals surface area contributed by atoms with E-state index in [2.05, 4.69) is 5.32 Å². The number of nitrogens with two attached hydrogens (primary N) is 1. The van der Waals surface area contributed by atoms with Crippen molar-refractivity contribution in [3.05, 3.63) is 29.3 Å². The standard InChI is InChI=1S/C16H23N3O4S.ClH/c1-5-19-15(21)12-7-6-11(8-13(12)24(19,22)23)14(20)18-16(4,9-17)10(2)3;/h6-8,10H,5,9,17H2,1-4H3,(H,18,20);1H. The lowest BCUT2D eigenvalue weighted by Gasteiger charge is -2.33. The second kappa shape index (κ2) is 7.31. The molecule has 9 heteroatoms. The molecule has 1 heterocycles. The molecule has 0 aliphatic carbocycles. The van der Waals surface area contributed by atoms with Crippen LogP contribution in [-0.2, 0) is 10.0 Å². The lowest BCUT2D eigenvalue weighted by atomic mass is 9.88. The summed E-state index contributed by atoms with van der Waals surface area (Å²) in [5.74, 6) is -0.882. The quantitative estimate of drug-likeness (QED) is 0.790. The first-order valence-corrected chi connectivity index (χ1v) is 9.26. The van der Waals surface area contributed by atoms with Crippen LogP contribution >= 0.6 is 12.4 Å². The minimum absolute atomic E-state index is 0. The average Bonchev–Trinajstić information content (AvgIpc) is 2.72. The van der Waals surface area contributed by atoms with E-state index in [9.17, 15) is 18.0 Å². The van der Waals surface area contributed by atoms with Crippen LogP contribution in [0, 0.1) is 5.92 Å². The molecule has 1 unspecified atom stereocenters. The zero-order chi connectivity index (χ0) is 18.3. The molecule has 0 bridgehead atoms. The zero-order valence-corrected chi connectivity index (χ0v) is 16.3. The van der Waals surface area contributed by atoms with E-state index in [1.807, 2.05) is 20.8 Å². The molecular weight excluding hydrogens is 366 g/mol. The molecule has 2 rings (SSSR count). The summed E-state index contributed by atoms with van der Waals surface area (Å²) in [7, 11) is -3.89. The maximum Gasteiger partial charge on any atom is 0.268 e. The number of nitrogens with zero attached hydrogens (tertiary/aromatic N) is 1. The number of fused-ring (bicyclic) bond motifs is 1. The fourth-order valence-electron chi connectivity index (χ4n) is 2.49. The highest BCUT2D eigenvalue weighted by Crippen LogP contribution is 2.31. The van der Waals surface area contributed by atoms with Crippen LogP contribution in [0.3, 0.4) is 0 Å². The highest BCUT2D eigenvalue weighted by Gasteiger charge is 2.40. The fraction of sp³-hybridized carbons (Fsp3) is 0.500. The summed E-state index contributed by atoms with van der Waals surface area (Å²) >= 11 is 0. The van der Waals surface area contributed by atoms with E-state index >= 15 is 0 Å². The lowest BCUT2D eigenvalue weighted by Crippen LogP contribution is -2.55. The number of benzene rings is 1. The Labute approximate surface area is 154 Å². The molecule has 0 saturated carbocycles. The Balaban J connectivity index is 0.00000312. The summed E-state index contributed by atoms with van der Waals surface area (Å²) in [6.45, 7) is 7.61. The number of nitrogens with one attached hydrogen (secondary N) is 1. The van der Waals surface area contributed by atoms with E-state index in [1.165, 1.54) is 18.2 Å². The number of halogens is 1. The van der Waals surface area contributed by atoms with Gasteiger partial charge >= 0.3 is 0 Å². The van der Waals surface area contributed by atoms with E-state index in [4.69, 9.17) is 5.73 Å². The molecule has 1 atom stereocenters. The number of carbonyl (C=O) groups is 2. The van der Waals surface area contributed by atoms with Crippen LogP contribution < -0.4 is 11.1 Å². The summed E-state index contributed by atoms with van der Waals surface area (Å²) in [4.78, 5) is 24.5. The topological polar surface area (TPSA) is 110 Å². The maximum atomic E-state index is 12.5. The van der Waals surface area contributed by atoms with Crippen molar-refractivity contribution in [3.63, 3.8) is 0 Å². The van der Waals surface area contributed by atoms with E-state index in [0.29, 0.717) is 0 Å². The Morgan fingerprint density at radius 1 is 1.36 bits per heavy atom. The van der Waals surface area contributed by atoms with Crippen LogP contribution in [0.4, 0.5) is 0 Å². The zero-order valence-electron chi connectivity index (χ0n) is 14.7. The first kappa shape index (κ1) is 21.4. The summed E-state index contributed by atoms with van der Waals surface area (Å²) in [6.07, 6.45) is 0. The Bertz CT molecular complexity index is 795. The smallest absolute Gasteiger partial charge is 0.268 e. The van der Waals surface area contributed by atoms with E-state index in [0.717, 1.165) is 4.31 Å². The second-order valence-electron chi connectivity index (χ2n) is 6.42. The van der Waals surface area contributed by atoms with Gasteiger partial charge in [-0.2, -0.15) is 0 Å². The third kappa shape index (κ3) is 3.51. The van der Waals surface area contributed by atoms with Crippen LogP contribution in [0.5, 0.6) is 0 Å². The molecule has 0 saturated heterocycles. The van der Waals surface area contributed by atoms with E-state index in [-0.39, 0.29) is 47.4 Å². The van der Waals surface area contributed by atoms with Crippen molar-refractivity contribution < 1.29 is 18.0 Å². The third-order valence-electron chi connectivity index (χ3n) is 4.65. The molecule has 1 aliphatic rings. The Morgan fingerprint density at radius 3 is 2.44 bits per heavy atom. The van der Waals surface area contributed by atoms with Crippen LogP contribution in [0.25, 0.3) is 0 Å². The van der Waals surface area contributed by atoms with Crippen molar-refractivity contribution in [2.45, 2.75) is 38.1 Å². The van der Waals surface area contributed by atoms with Crippen LogP contribution in [0.2, 0.25) is 0 Å². The molecule has 0 aromatic heterocycles. The number of hydrogen-bond acceptors (Lipinski definition) is 5. The molecule has 1 aromatic carbocycles. The third-order valence-corrected chi connectivity index (χ3v) is 6.55. The summed E-state index contributed by atoms with van der Waals surface area (Å²) < 4.78 is 25.6. The van der Waals surface area contributed by atoms with Crippen molar-refractivity contribution in [3.8, 4) is 0 Å². The Morgan fingerprint density at radius 2 is 1.96 bits per heavy atom. The van der Waals surface area contributed by atoms with Gasteiger partial charge in [0.25, 0.3) is 21.8 Å². The van der Waals surface area contributed by atoms with E-state index in [1.54, 1.807) is 6.92 Å². The predicted octanol–water partition coefficient (Wildman–Crippen LogP) is 1.38. The predicted molar refractivity (Wildman–Crippen MR) is 97.3 cm³/mol. The highest BCUT2D eigenvalue weighted by molar-refractivity contribution is 7.90. The van der Waals surface area contributed by atoms with Crippen molar-refractivity contribution >= 4 is 34.2 Å². The van der Waals surface area contributed by atoms with Crippen molar-refractivity contribution in [2.24, 2.45) is 11.7 Å². The van der Waals surface area contributed by atoms with Crippen molar-refractivity contribution in [1.29, 1.82) is 0 Å². The Kier molecular flexibility index (Phi) is 6.26. The van der Waals surface area contributed by atoms with Crippen molar-refractivity contribution in [1.82, 2.24) is 9.62 Å². The van der Waals surface area contributed by atoms with Crippen LogP contribution in [-0.4, -0.2) is 43.2 Å². The van der Waals surface area contributed by atoms with Gasteiger partial charge in [0.05, 0.1) is 11.1 Å². The summed E-state index contributed by atoms with van der Waals surface area (Å²) in [5, 5.41) is 2.86. The molecule has 25 heavy (non-hydrogen) atoms. The van der Waals surface area contributed by atoms with Gasteiger partial charge in [0.2, 0.25) is 0 Å². The van der Waals surface area contributed by atoms with Crippen molar-refractivity contribution in [2.75, 3.05) is 13.1 Å². The molecule has 0 spiro atoms. The van der Waals surface area contributed by atoms with Gasteiger partial charge in [-0.25, -0.2) is 12.7 Å². The molecular formula is C16H24ClN3O4S. The number of hydrogen-bond donors (Lipinski definition) is 2. The first-order valence-electron chi connectivity index (χ1n) is 7.82. The fourth-order valence-corrected chi connectivity index (χ4v) is 4.10. The van der Waals surface area contributed by atoms with Gasteiger partial charge < -0.3 is 11.1 Å². The molecule has 7 nitrogen and oxygen atoms in total. The molecule has 1 aliphatic heterocycles. The molecule has 0 radical (unpaired) electrons. The molecule has 140 valence electrons. The number of carbonyl (C=O) groups excluding carboxylic acids is 2.